The van der Waals surface area contributed by atoms with Crippen molar-refractivity contribution in [1.29, 1.82) is 5.26 Å². The van der Waals surface area contributed by atoms with Crippen LogP contribution in [0.4, 0.5) is 5.82 Å². The molecule has 1 fully saturated rings. The molecule has 2 aromatic rings. The molecule has 0 spiro atoms. The molecule has 0 N–H and O–H groups in total. The second kappa shape index (κ2) is 5.65. The van der Waals surface area contributed by atoms with Gasteiger partial charge in [0.1, 0.15) is 17.7 Å². The predicted octanol–water partition coefficient (Wildman–Crippen LogP) is 2.30. The van der Waals surface area contributed by atoms with Crippen LogP contribution in [0.1, 0.15) is 54.6 Å². The Labute approximate surface area is 135 Å². The molecule has 1 saturated heterocycles. The number of hydrogen-bond acceptors (Lipinski definition) is 5. The minimum atomic E-state index is 0.257. The molecule has 118 valence electrons. The van der Waals surface area contributed by atoms with E-state index in [1.807, 2.05) is 6.07 Å². The molecule has 6 heteroatoms. The standard InChI is InChI=1S/C17H20N6/c1-22-14-6-3-2-5-13(14)21-17(22)15-7-4-8-23(15)16-11-19-12(9-18)10-20-16/h10-11,15H,2-8H2,1H3/t15-/m0/s1. The molecular weight excluding hydrogens is 288 g/mol. The Balaban J connectivity index is 1.68. The Bertz CT molecular complexity index is 755. The minimum Gasteiger partial charge on any atom is -0.345 e. The molecular formula is C17H20N6. The summed E-state index contributed by atoms with van der Waals surface area (Å²) < 4.78 is 2.30. The van der Waals surface area contributed by atoms with Crippen molar-refractivity contribution < 1.29 is 0 Å². The van der Waals surface area contributed by atoms with Crippen LogP contribution in [0.25, 0.3) is 0 Å². The van der Waals surface area contributed by atoms with Crippen LogP contribution in [0.3, 0.4) is 0 Å². The second-order valence-electron chi connectivity index (χ2n) is 6.35. The van der Waals surface area contributed by atoms with Crippen molar-refractivity contribution in [2.24, 2.45) is 7.05 Å². The van der Waals surface area contributed by atoms with Crippen LogP contribution in [0.5, 0.6) is 0 Å². The number of rotatable bonds is 2. The molecule has 2 aliphatic rings. The quantitative estimate of drug-likeness (QED) is 0.851. The predicted molar refractivity (Wildman–Crippen MR) is 85.9 cm³/mol. The van der Waals surface area contributed by atoms with Gasteiger partial charge < -0.3 is 9.47 Å². The molecule has 2 aromatic heterocycles. The zero-order valence-corrected chi connectivity index (χ0v) is 13.4. The molecule has 1 aliphatic heterocycles. The molecule has 0 bridgehead atoms. The zero-order chi connectivity index (χ0) is 15.8. The molecule has 4 rings (SSSR count). The number of fused-ring (bicyclic) bond motifs is 1. The van der Waals surface area contributed by atoms with Gasteiger partial charge in [0.2, 0.25) is 0 Å². The third-order valence-corrected chi connectivity index (χ3v) is 5.01. The maximum atomic E-state index is 8.87. The Morgan fingerprint density at radius 2 is 2.04 bits per heavy atom. The summed E-state index contributed by atoms with van der Waals surface area (Å²) >= 11 is 0. The van der Waals surface area contributed by atoms with Crippen LogP contribution in [-0.4, -0.2) is 26.1 Å². The zero-order valence-electron chi connectivity index (χ0n) is 13.4. The van der Waals surface area contributed by atoms with Crippen molar-refractivity contribution in [2.45, 2.75) is 44.6 Å². The molecule has 0 aromatic carbocycles. The second-order valence-corrected chi connectivity index (χ2v) is 6.35. The average molecular weight is 308 g/mol. The maximum absolute atomic E-state index is 8.87. The number of imidazole rings is 1. The first kappa shape index (κ1) is 14.2. The van der Waals surface area contributed by atoms with Gasteiger partial charge in [0.15, 0.2) is 5.69 Å². The fourth-order valence-electron chi connectivity index (χ4n) is 3.84. The highest BCUT2D eigenvalue weighted by Gasteiger charge is 2.32. The summed E-state index contributed by atoms with van der Waals surface area (Å²) in [6.07, 6.45) is 10.2. The first-order valence-corrected chi connectivity index (χ1v) is 8.31. The van der Waals surface area contributed by atoms with Crippen molar-refractivity contribution in [1.82, 2.24) is 19.5 Å². The van der Waals surface area contributed by atoms with Crippen molar-refractivity contribution in [3.63, 3.8) is 0 Å². The lowest BCUT2D eigenvalue weighted by Crippen LogP contribution is -2.26. The monoisotopic (exact) mass is 308 g/mol. The van der Waals surface area contributed by atoms with Gasteiger partial charge in [-0.1, -0.05) is 0 Å². The molecule has 0 saturated carbocycles. The van der Waals surface area contributed by atoms with Crippen LogP contribution < -0.4 is 4.90 Å². The van der Waals surface area contributed by atoms with Crippen LogP contribution in [0.15, 0.2) is 12.4 Å². The lowest BCUT2D eigenvalue weighted by molar-refractivity contribution is 0.606. The van der Waals surface area contributed by atoms with Crippen molar-refractivity contribution in [3.05, 3.63) is 35.3 Å². The van der Waals surface area contributed by atoms with E-state index in [1.54, 1.807) is 12.4 Å². The average Bonchev–Trinajstić information content (AvgIpc) is 3.20. The van der Waals surface area contributed by atoms with E-state index in [9.17, 15) is 0 Å². The highest BCUT2D eigenvalue weighted by Crippen LogP contribution is 2.36. The maximum Gasteiger partial charge on any atom is 0.158 e. The third-order valence-electron chi connectivity index (χ3n) is 5.01. The van der Waals surface area contributed by atoms with Crippen LogP contribution in [-0.2, 0) is 19.9 Å². The Morgan fingerprint density at radius 3 is 2.78 bits per heavy atom. The van der Waals surface area contributed by atoms with E-state index >= 15 is 0 Å². The van der Waals surface area contributed by atoms with Crippen molar-refractivity contribution in [2.75, 3.05) is 11.4 Å². The largest absolute Gasteiger partial charge is 0.345 e. The number of nitriles is 1. The SMILES string of the molecule is Cn1c([C@@H]2CCCN2c2cnc(C#N)cn2)nc2c1CCCC2. The molecule has 1 atom stereocenters. The first-order valence-electron chi connectivity index (χ1n) is 8.31. The van der Waals surface area contributed by atoms with Crippen molar-refractivity contribution in [3.8, 4) is 6.07 Å². The van der Waals surface area contributed by atoms with Crippen molar-refractivity contribution >= 4 is 5.82 Å². The normalized spacial score (nSPS) is 20.3. The Hall–Kier alpha value is -2.42. The fourth-order valence-corrected chi connectivity index (χ4v) is 3.84. The lowest BCUT2D eigenvalue weighted by atomic mass is 10.0. The number of anilines is 1. The molecule has 3 heterocycles. The van der Waals surface area contributed by atoms with Gasteiger partial charge >= 0.3 is 0 Å². The van der Waals surface area contributed by atoms with Gasteiger partial charge in [0.05, 0.1) is 24.1 Å². The fraction of sp³-hybridized carbons (Fsp3) is 0.529. The summed E-state index contributed by atoms with van der Waals surface area (Å²) in [5.41, 5.74) is 3.05. The summed E-state index contributed by atoms with van der Waals surface area (Å²) in [5, 5.41) is 8.87. The minimum absolute atomic E-state index is 0.257. The molecule has 0 radical (unpaired) electrons. The Morgan fingerprint density at radius 1 is 1.17 bits per heavy atom. The number of hydrogen-bond donors (Lipinski definition) is 0. The van der Waals surface area contributed by atoms with Gasteiger partial charge in [-0.25, -0.2) is 15.0 Å². The first-order chi connectivity index (χ1) is 11.3. The summed E-state index contributed by atoms with van der Waals surface area (Å²) in [6.45, 7) is 0.961. The Kier molecular flexibility index (Phi) is 3.49. The molecule has 1 aliphatic carbocycles. The van der Waals surface area contributed by atoms with Crippen LogP contribution in [0.2, 0.25) is 0 Å². The smallest absolute Gasteiger partial charge is 0.158 e. The van der Waals surface area contributed by atoms with E-state index in [0.717, 1.165) is 43.9 Å². The molecule has 0 amide bonds. The van der Waals surface area contributed by atoms with Gasteiger partial charge in [-0.3, -0.25) is 0 Å². The summed E-state index contributed by atoms with van der Waals surface area (Å²) in [5.74, 6) is 1.99. The number of aromatic nitrogens is 4. The van der Waals surface area contributed by atoms with E-state index in [0.29, 0.717) is 5.69 Å². The van der Waals surface area contributed by atoms with Gasteiger partial charge in [0.25, 0.3) is 0 Å². The number of aryl methyl sites for hydroxylation is 1. The summed E-state index contributed by atoms with van der Waals surface area (Å²) in [6, 6.07) is 2.28. The van der Waals surface area contributed by atoms with E-state index in [4.69, 9.17) is 10.2 Å². The van der Waals surface area contributed by atoms with Gasteiger partial charge in [0, 0.05) is 19.3 Å². The van der Waals surface area contributed by atoms with Crippen LogP contribution >= 0.6 is 0 Å². The van der Waals surface area contributed by atoms with E-state index in [1.165, 1.54) is 24.2 Å². The van der Waals surface area contributed by atoms with Crippen LogP contribution in [0, 0.1) is 11.3 Å². The molecule has 23 heavy (non-hydrogen) atoms. The highest BCUT2D eigenvalue weighted by atomic mass is 15.3. The molecule has 6 nitrogen and oxygen atoms in total. The van der Waals surface area contributed by atoms with E-state index in [2.05, 4.69) is 26.5 Å². The summed E-state index contributed by atoms with van der Waals surface area (Å²) in [7, 11) is 2.15. The lowest BCUT2D eigenvalue weighted by Gasteiger charge is -2.25. The topological polar surface area (TPSA) is 70.6 Å². The summed E-state index contributed by atoms with van der Waals surface area (Å²) in [4.78, 5) is 15.8. The molecule has 0 unspecified atom stereocenters. The van der Waals surface area contributed by atoms with Gasteiger partial charge in [-0.15, -0.1) is 0 Å². The number of nitrogens with zero attached hydrogens (tertiary/aromatic N) is 6. The van der Waals surface area contributed by atoms with Gasteiger partial charge in [-0.2, -0.15) is 5.26 Å². The van der Waals surface area contributed by atoms with E-state index < -0.39 is 0 Å². The van der Waals surface area contributed by atoms with E-state index in [-0.39, 0.29) is 6.04 Å². The van der Waals surface area contributed by atoms with Gasteiger partial charge in [-0.05, 0) is 38.5 Å². The third kappa shape index (κ3) is 2.37. The highest BCUT2D eigenvalue weighted by molar-refractivity contribution is 5.42.